The Bertz CT molecular complexity index is 1350. The van der Waals surface area contributed by atoms with Crippen molar-refractivity contribution in [2.45, 2.75) is 31.8 Å². The highest BCUT2D eigenvalue weighted by Gasteiger charge is 2.63. The number of ketones is 1. The standard InChI is InChI=1S/C29H23N3O/c1-19-12-14-23(20(2)16-19)26-27(28(33)22-9-4-3-5-10-22)32-24-11-7-6-8-21(24)13-15-25(32)29(26,17-30)18-31/h3-16,25-27H,1-2H3/t25?,26-,27+/m1/s1. The minimum atomic E-state index is -1.42. The van der Waals surface area contributed by atoms with Crippen molar-refractivity contribution in [2.24, 2.45) is 5.41 Å². The third kappa shape index (κ3) is 2.99. The first-order chi connectivity index (χ1) is 16.0. The van der Waals surface area contributed by atoms with E-state index in [0.29, 0.717) is 5.56 Å². The van der Waals surface area contributed by atoms with Gasteiger partial charge in [0.15, 0.2) is 11.2 Å². The van der Waals surface area contributed by atoms with Crippen molar-refractivity contribution in [1.82, 2.24) is 0 Å². The van der Waals surface area contributed by atoms with E-state index in [0.717, 1.165) is 27.9 Å². The molecule has 0 spiro atoms. The van der Waals surface area contributed by atoms with E-state index in [4.69, 9.17) is 0 Å². The molecule has 0 aliphatic carbocycles. The summed E-state index contributed by atoms with van der Waals surface area (Å²) in [4.78, 5) is 16.1. The number of fused-ring (bicyclic) bond motifs is 3. The Kier molecular flexibility index (Phi) is 4.88. The van der Waals surface area contributed by atoms with Crippen LogP contribution in [-0.2, 0) is 0 Å². The maximum Gasteiger partial charge on any atom is 0.185 e. The molecule has 1 unspecified atom stereocenters. The van der Waals surface area contributed by atoms with Crippen molar-refractivity contribution < 1.29 is 4.79 Å². The summed E-state index contributed by atoms with van der Waals surface area (Å²) in [6.07, 6.45) is 3.89. The smallest absolute Gasteiger partial charge is 0.185 e. The number of hydrogen-bond acceptors (Lipinski definition) is 4. The summed E-state index contributed by atoms with van der Waals surface area (Å²) < 4.78 is 0. The number of nitrogens with zero attached hydrogens (tertiary/aromatic N) is 3. The van der Waals surface area contributed by atoms with Gasteiger partial charge in [-0.05, 0) is 36.6 Å². The Morgan fingerprint density at radius 1 is 0.939 bits per heavy atom. The van der Waals surface area contributed by atoms with Gasteiger partial charge in [0, 0.05) is 17.2 Å². The number of hydrogen-bond donors (Lipinski definition) is 0. The lowest BCUT2D eigenvalue weighted by atomic mass is 9.68. The second-order valence-corrected chi connectivity index (χ2v) is 8.88. The summed E-state index contributed by atoms with van der Waals surface area (Å²) in [5.74, 6) is -0.690. The largest absolute Gasteiger partial charge is 0.351 e. The van der Waals surface area contributed by atoms with E-state index in [1.807, 2.05) is 85.5 Å². The van der Waals surface area contributed by atoms with Crippen molar-refractivity contribution in [1.29, 1.82) is 10.5 Å². The van der Waals surface area contributed by atoms with Crippen LogP contribution in [0.15, 0.2) is 78.9 Å². The van der Waals surface area contributed by atoms with Crippen molar-refractivity contribution >= 4 is 17.5 Å². The van der Waals surface area contributed by atoms with Gasteiger partial charge >= 0.3 is 0 Å². The first-order valence-corrected chi connectivity index (χ1v) is 11.1. The molecule has 3 aromatic carbocycles. The van der Waals surface area contributed by atoms with Crippen LogP contribution < -0.4 is 4.90 Å². The predicted molar refractivity (Wildman–Crippen MR) is 129 cm³/mol. The highest BCUT2D eigenvalue weighted by Crippen LogP contribution is 2.56. The van der Waals surface area contributed by atoms with Crippen LogP contribution in [0.2, 0.25) is 0 Å². The number of aryl methyl sites for hydroxylation is 2. The quantitative estimate of drug-likeness (QED) is 0.509. The molecule has 2 heterocycles. The molecule has 160 valence electrons. The zero-order chi connectivity index (χ0) is 23.2. The van der Waals surface area contributed by atoms with Gasteiger partial charge < -0.3 is 4.90 Å². The fraction of sp³-hybridized carbons (Fsp3) is 0.207. The molecule has 4 heteroatoms. The number of benzene rings is 3. The van der Waals surface area contributed by atoms with Gasteiger partial charge in [-0.2, -0.15) is 10.5 Å². The fourth-order valence-electron chi connectivity index (χ4n) is 5.53. The number of Topliss-reactive ketones (excluding diaryl/α,β-unsaturated/α-hetero) is 1. The highest BCUT2D eigenvalue weighted by molar-refractivity contribution is 6.04. The maximum atomic E-state index is 14.1. The third-order valence-corrected chi connectivity index (χ3v) is 7.00. The lowest BCUT2D eigenvalue weighted by molar-refractivity contribution is 0.0951. The molecule has 0 amide bonds. The van der Waals surface area contributed by atoms with E-state index >= 15 is 0 Å². The van der Waals surface area contributed by atoms with E-state index in [1.54, 1.807) is 12.1 Å². The minimum Gasteiger partial charge on any atom is -0.351 e. The van der Waals surface area contributed by atoms with E-state index in [2.05, 4.69) is 18.2 Å². The third-order valence-electron chi connectivity index (χ3n) is 7.00. The number of nitriles is 2. The zero-order valence-corrected chi connectivity index (χ0v) is 18.6. The van der Waals surface area contributed by atoms with Gasteiger partial charge in [0.1, 0.15) is 6.04 Å². The van der Waals surface area contributed by atoms with E-state index in [-0.39, 0.29) is 5.78 Å². The molecule has 1 fully saturated rings. The molecular formula is C29H23N3O. The van der Waals surface area contributed by atoms with Gasteiger partial charge in [-0.25, -0.2) is 0 Å². The van der Waals surface area contributed by atoms with Crippen LogP contribution in [-0.4, -0.2) is 17.9 Å². The van der Waals surface area contributed by atoms with Gasteiger partial charge in [0.25, 0.3) is 0 Å². The average molecular weight is 430 g/mol. The van der Waals surface area contributed by atoms with E-state index in [9.17, 15) is 15.3 Å². The number of rotatable bonds is 3. The summed E-state index contributed by atoms with van der Waals surface area (Å²) in [5.41, 5.74) is 3.97. The minimum absolute atomic E-state index is 0.0805. The summed E-state index contributed by atoms with van der Waals surface area (Å²) in [5, 5.41) is 21.0. The number of carbonyl (C=O) groups excluding carboxylic acids is 1. The van der Waals surface area contributed by atoms with Gasteiger partial charge in [-0.1, -0.05) is 84.4 Å². The summed E-state index contributed by atoms with van der Waals surface area (Å²) in [7, 11) is 0. The van der Waals surface area contributed by atoms with Crippen LogP contribution >= 0.6 is 0 Å². The normalized spacial score (nSPS) is 22.1. The Balaban J connectivity index is 1.81. The number of para-hydroxylation sites is 1. The Hall–Kier alpha value is -4.15. The monoisotopic (exact) mass is 429 g/mol. The van der Waals surface area contributed by atoms with E-state index in [1.165, 1.54) is 0 Å². The molecule has 0 bridgehead atoms. The molecule has 0 aromatic heterocycles. The van der Waals surface area contributed by atoms with E-state index < -0.39 is 23.4 Å². The molecule has 5 rings (SSSR count). The Morgan fingerprint density at radius 3 is 2.33 bits per heavy atom. The van der Waals surface area contributed by atoms with Crippen LogP contribution in [0.4, 0.5) is 5.69 Å². The molecule has 3 atom stereocenters. The first-order valence-electron chi connectivity index (χ1n) is 11.1. The van der Waals surface area contributed by atoms with Crippen molar-refractivity contribution in [3.63, 3.8) is 0 Å². The van der Waals surface area contributed by atoms with Crippen LogP contribution in [0.25, 0.3) is 6.08 Å². The second kappa shape index (κ2) is 7.76. The molecule has 3 aromatic rings. The Labute approximate surface area is 194 Å². The number of anilines is 1. The predicted octanol–water partition coefficient (Wildman–Crippen LogP) is 5.59. The molecule has 4 nitrogen and oxygen atoms in total. The molecule has 33 heavy (non-hydrogen) atoms. The van der Waals surface area contributed by atoms with Crippen LogP contribution in [0.3, 0.4) is 0 Å². The highest BCUT2D eigenvalue weighted by atomic mass is 16.1. The van der Waals surface area contributed by atoms with Crippen LogP contribution in [0.1, 0.15) is 38.5 Å². The zero-order valence-electron chi connectivity index (χ0n) is 18.6. The van der Waals surface area contributed by atoms with Crippen molar-refractivity contribution in [3.8, 4) is 12.1 Å². The lowest BCUT2D eigenvalue weighted by Gasteiger charge is -2.35. The summed E-state index contributed by atoms with van der Waals surface area (Å²) in [6.45, 7) is 4.01. The topological polar surface area (TPSA) is 67.9 Å². The van der Waals surface area contributed by atoms with Gasteiger partial charge in [0.2, 0.25) is 0 Å². The van der Waals surface area contributed by atoms with Crippen molar-refractivity contribution in [3.05, 3.63) is 107 Å². The summed E-state index contributed by atoms with van der Waals surface area (Å²) >= 11 is 0. The molecule has 1 saturated heterocycles. The molecule has 0 saturated carbocycles. The SMILES string of the molecule is Cc1ccc([C@@H]2[C@@H](C(=O)c3ccccc3)N3c4ccccc4C=CC3C2(C#N)C#N)c(C)c1. The average Bonchev–Trinajstić information content (AvgIpc) is 3.15. The van der Waals surface area contributed by atoms with Crippen LogP contribution in [0.5, 0.6) is 0 Å². The lowest BCUT2D eigenvalue weighted by Crippen LogP contribution is -2.44. The molecule has 2 aliphatic heterocycles. The molecule has 0 N–H and O–H groups in total. The molecular weight excluding hydrogens is 406 g/mol. The maximum absolute atomic E-state index is 14.1. The number of carbonyl (C=O) groups is 1. The molecule has 0 radical (unpaired) electrons. The van der Waals surface area contributed by atoms with Gasteiger partial charge in [-0.3, -0.25) is 4.79 Å². The van der Waals surface area contributed by atoms with Crippen LogP contribution in [0, 0.1) is 41.9 Å². The van der Waals surface area contributed by atoms with Crippen molar-refractivity contribution in [2.75, 3.05) is 4.90 Å². The summed E-state index contributed by atoms with van der Waals surface area (Å²) in [6, 6.07) is 26.6. The second-order valence-electron chi connectivity index (χ2n) is 8.88. The van der Waals surface area contributed by atoms with Gasteiger partial charge in [-0.15, -0.1) is 0 Å². The Morgan fingerprint density at radius 2 is 1.64 bits per heavy atom. The first kappa shape index (κ1) is 20.7. The fourth-order valence-corrected chi connectivity index (χ4v) is 5.53. The van der Waals surface area contributed by atoms with Gasteiger partial charge in [0.05, 0.1) is 18.2 Å². The molecule has 2 aliphatic rings.